The summed E-state index contributed by atoms with van der Waals surface area (Å²) in [7, 11) is 1.95. The summed E-state index contributed by atoms with van der Waals surface area (Å²) >= 11 is 0. The lowest BCUT2D eigenvalue weighted by Gasteiger charge is -2.03. The fourth-order valence-electron chi connectivity index (χ4n) is 1.78. The first-order valence-corrected chi connectivity index (χ1v) is 5.01. The van der Waals surface area contributed by atoms with Crippen molar-refractivity contribution in [2.45, 2.75) is 13.1 Å². The van der Waals surface area contributed by atoms with Gasteiger partial charge in [-0.1, -0.05) is 18.1 Å². The summed E-state index contributed by atoms with van der Waals surface area (Å²) < 4.78 is 2.09. The van der Waals surface area contributed by atoms with Crippen LogP contribution in [0.15, 0.2) is 30.5 Å². The van der Waals surface area contributed by atoms with E-state index in [0.29, 0.717) is 6.54 Å². The predicted molar refractivity (Wildman–Crippen MR) is 63.5 cm³/mol. The van der Waals surface area contributed by atoms with Crippen molar-refractivity contribution >= 4 is 10.9 Å². The van der Waals surface area contributed by atoms with Gasteiger partial charge in [-0.2, -0.15) is 0 Å². The summed E-state index contributed by atoms with van der Waals surface area (Å²) in [5.41, 5.74) is 2.49. The minimum atomic E-state index is 0.631. The Morgan fingerprint density at radius 3 is 3.00 bits per heavy atom. The highest BCUT2D eigenvalue weighted by molar-refractivity contribution is 5.80. The minimum Gasteiger partial charge on any atom is -0.336 e. The monoisotopic (exact) mass is 198 g/mol. The van der Waals surface area contributed by atoms with Gasteiger partial charge in [0.2, 0.25) is 0 Å². The smallest absolute Gasteiger partial charge is 0.0834 e. The third-order valence-corrected chi connectivity index (χ3v) is 2.48. The fourth-order valence-corrected chi connectivity index (χ4v) is 1.78. The first-order chi connectivity index (χ1) is 7.35. The van der Waals surface area contributed by atoms with Crippen LogP contribution in [-0.2, 0) is 13.1 Å². The highest BCUT2D eigenvalue weighted by atomic mass is 14.9. The van der Waals surface area contributed by atoms with Gasteiger partial charge in [-0.15, -0.1) is 6.42 Å². The molecule has 1 aromatic heterocycles. The Morgan fingerprint density at radius 2 is 2.27 bits per heavy atom. The Balaban J connectivity index is 2.47. The first-order valence-electron chi connectivity index (χ1n) is 5.01. The first kappa shape index (κ1) is 9.82. The number of benzene rings is 1. The molecule has 0 unspecified atom stereocenters. The molecule has 2 heteroatoms. The molecule has 2 nitrogen and oxygen atoms in total. The lowest BCUT2D eigenvalue weighted by molar-refractivity contribution is 0.816. The van der Waals surface area contributed by atoms with Crippen LogP contribution in [0.2, 0.25) is 0 Å². The van der Waals surface area contributed by atoms with Crippen molar-refractivity contribution in [1.29, 1.82) is 0 Å². The second-order valence-corrected chi connectivity index (χ2v) is 3.57. The molecule has 1 aromatic carbocycles. The Bertz CT molecular complexity index is 503. The highest BCUT2D eigenvalue weighted by Crippen LogP contribution is 2.17. The highest BCUT2D eigenvalue weighted by Gasteiger charge is 2.00. The maximum Gasteiger partial charge on any atom is 0.0834 e. The van der Waals surface area contributed by atoms with Crippen LogP contribution in [-0.4, -0.2) is 11.6 Å². The Kier molecular flexibility index (Phi) is 2.75. The quantitative estimate of drug-likeness (QED) is 0.746. The maximum absolute atomic E-state index is 5.32. The normalized spacial score (nSPS) is 10.4. The number of hydrogen-bond donors (Lipinski definition) is 1. The van der Waals surface area contributed by atoms with E-state index in [1.54, 1.807) is 0 Å². The average Bonchev–Trinajstić information content (AvgIpc) is 2.63. The van der Waals surface area contributed by atoms with Crippen molar-refractivity contribution in [2.24, 2.45) is 0 Å². The molecule has 1 heterocycles. The van der Waals surface area contributed by atoms with E-state index in [-0.39, 0.29) is 0 Å². The third-order valence-electron chi connectivity index (χ3n) is 2.48. The van der Waals surface area contributed by atoms with E-state index in [1.165, 1.54) is 16.5 Å². The molecule has 0 aliphatic rings. The second-order valence-electron chi connectivity index (χ2n) is 3.57. The number of aromatic nitrogens is 1. The molecular weight excluding hydrogens is 184 g/mol. The van der Waals surface area contributed by atoms with E-state index < -0.39 is 0 Å². The zero-order valence-electron chi connectivity index (χ0n) is 8.83. The fraction of sp³-hybridized carbons (Fsp3) is 0.231. The number of hydrogen-bond acceptors (Lipinski definition) is 1. The van der Waals surface area contributed by atoms with Gasteiger partial charge in [-0.05, 0) is 30.1 Å². The molecule has 0 aliphatic heterocycles. The van der Waals surface area contributed by atoms with Gasteiger partial charge in [0.05, 0.1) is 6.54 Å². The van der Waals surface area contributed by atoms with Crippen LogP contribution >= 0.6 is 0 Å². The molecule has 2 rings (SSSR count). The molecule has 0 bridgehead atoms. The van der Waals surface area contributed by atoms with E-state index in [1.807, 2.05) is 13.2 Å². The lowest BCUT2D eigenvalue weighted by Crippen LogP contribution is -2.05. The number of terminal acetylenes is 1. The molecule has 76 valence electrons. The molecule has 0 fully saturated rings. The van der Waals surface area contributed by atoms with E-state index >= 15 is 0 Å². The van der Waals surface area contributed by atoms with Crippen molar-refractivity contribution in [1.82, 2.24) is 9.88 Å². The van der Waals surface area contributed by atoms with Crippen LogP contribution in [0.5, 0.6) is 0 Å². The summed E-state index contributed by atoms with van der Waals surface area (Å²) in [5, 5.41) is 4.38. The molecule has 0 spiro atoms. The number of nitrogens with zero attached hydrogens (tertiary/aromatic N) is 1. The van der Waals surface area contributed by atoms with Crippen LogP contribution in [0.25, 0.3) is 10.9 Å². The molecule has 0 amide bonds. The van der Waals surface area contributed by atoms with Crippen molar-refractivity contribution in [3.05, 3.63) is 36.0 Å². The third kappa shape index (κ3) is 1.88. The number of fused-ring (bicyclic) bond motifs is 1. The van der Waals surface area contributed by atoms with Crippen LogP contribution in [0.1, 0.15) is 5.56 Å². The molecule has 15 heavy (non-hydrogen) atoms. The van der Waals surface area contributed by atoms with Crippen LogP contribution in [0.4, 0.5) is 0 Å². The van der Waals surface area contributed by atoms with E-state index in [4.69, 9.17) is 6.42 Å². The Labute approximate surface area is 89.9 Å². The molecule has 0 aliphatic carbocycles. The maximum atomic E-state index is 5.32. The zero-order chi connectivity index (χ0) is 10.7. The SMILES string of the molecule is C#CCn1ccc2ccc(CNC)cc21. The van der Waals surface area contributed by atoms with Gasteiger partial charge < -0.3 is 9.88 Å². The van der Waals surface area contributed by atoms with E-state index in [2.05, 4.69) is 40.1 Å². The van der Waals surface area contributed by atoms with E-state index in [9.17, 15) is 0 Å². The summed E-state index contributed by atoms with van der Waals surface area (Å²) in [5.74, 6) is 2.66. The van der Waals surface area contributed by atoms with Crippen molar-refractivity contribution in [3.63, 3.8) is 0 Å². The Morgan fingerprint density at radius 1 is 1.40 bits per heavy atom. The second kappa shape index (κ2) is 4.20. The van der Waals surface area contributed by atoms with Crippen LogP contribution in [0, 0.1) is 12.3 Å². The molecular formula is C13H14N2. The molecule has 0 atom stereocenters. The molecule has 1 N–H and O–H groups in total. The molecule has 0 saturated carbocycles. The van der Waals surface area contributed by atoms with Crippen molar-refractivity contribution in [3.8, 4) is 12.3 Å². The molecule has 0 radical (unpaired) electrons. The van der Waals surface area contributed by atoms with Crippen molar-refractivity contribution < 1.29 is 0 Å². The minimum absolute atomic E-state index is 0.631. The molecule has 2 aromatic rings. The number of rotatable bonds is 3. The van der Waals surface area contributed by atoms with Gasteiger partial charge in [0.25, 0.3) is 0 Å². The average molecular weight is 198 g/mol. The summed E-state index contributed by atoms with van der Waals surface area (Å²) in [6.45, 7) is 1.52. The molecule has 0 saturated heterocycles. The Hall–Kier alpha value is -1.72. The van der Waals surface area contributed by atoms with E-state index in [0.717, 1.165) is 6.54 Å². The van der Waals surface area contributed by atoms with Gasteiger partial charge in [0, 0.05) is 18.3 Å². The van der Waals surface area contributed by atoms with Crippen LogP contribution in [0.3, 0.4) is 0 Å². The summed E-state index contributed by atoms with van der Waals surface area (Å²) in [6, 6.07) is 8.55. The topological polar surface area (TPSA) is 17.0 Å². The zero-order valence-corrected chi connectivity index (χ0v) is 8.83. The number of nitrogens with one attached hydrogen (secondary N) is 1. The van der Waals surface area contributed by atoms with Crippen molar-refractivity contribution in [2.75, 3.05) is 7.05 Å². The summed E-state index contributed by atoms with van der Waals surface area (Å²) in [6.07, 6.45) is 7.36. The standard InChI is InChI=1S/C13H14N2/c1-3-7-15-8-6-12-5-4-11(10-14-2)9-13(12)15/h1,4-6,8-9,14H,7,10H2,2H3. The van der Waals surface area contributed by atoms with Gasteiger partial charge in [0.1, 0.15) is 0 Å². The van der Waals surface area contributed by atoms with Gasteiger partial charge in [-0.3, -0.25) is 0 Å². The predicted octanol–water partition coefficient (Wildman–Crippen LogP) is 1.99. The van der Waals surface area contributed by atoms with Crippen LogP contribution < -0.4 is 5.32 Å². The summed E-state index contributed by atoms with van der Waals surface area (Å²) in [4.78, 5) is 0. The van der Waals surface area contributed by atoms with Gasteiger partial charge in [-0.25, -0.2) is 0 Å². The van der Waals surface area contributed by atoms with Gasteiger partial charge >= 0.3 is 0 Å². The largest absolute Gasteiger partial charge is 0.336 e. The lowest BCUT2D eigenvalue weighted by atomic mass is 10.1. The van der Waals surface area contributed by atoms with Gasteiger partial charge in [0.15, 0.2) is 0 Å².